The molecule has 22 nitrogen and oxygen atoms in total. The van der Waals surface area contributed by atoms with Gasteiger partial charge in [-0.05, 0) is 168 Å². The number of unbranched alkanes of at least 4 members (excludes halogenated alkanes) is 4. The maximum atomic E-state index is 14.5. The Labute approximate surface area is 608 Å². The second-order valence-corrected chi connectivity index (χ2v) is 30.7. The first-order valence-electron chi connectivity index (χ1n) is 37.5. The molecule has 2 N–H and O–H groups in total. The fourth-order valence-corrected chi connectivity index (χ4v) is 16.1. The molecular weight excluding hydrogens is 1320 g/mol. The number of fused-ring (bicyclic) bond motifs is 9. The number of ketones is 3. The molecule has 5 aromatic carbocycles. The normalized spacial score (nSPS) is 19.1. The molecule has 104 heavy (non-hydrogen) atoms. The van der Waals surface area contributed by atoms with E-state index in [4.69, 9.17) is 23.7 Å². The molecular formula is C82H98N8O14. The van der Waals surface area contributed by atoms with Gasteiger partial charge in [-0.1, -0.05) is 92.2 Å². The zero-order valence-corrected chi connectivity index (χ0v) is 61.0. The molecule has 6 aromatic rings. The van der Waals surface area contributed by atoms with E-state index in [9.17, 15) is 43.5 Å². The van der Waals surface area contributed by atoms with E-state index >= 15 is 0 Å². The second-order valence-electron chi connectivity index (χ2n) is 30.7. The van der Waals surface area contributed by atoms with Crippen molar-refractivity contribution in [2.75, 3.05) is 50.3 Å². The van der Waals surface area contributed by atoms with Gasteiger partial charge < -0.3 is 48.8 Å². The molecule has 5 atom stereocenters. The molecule has 7 aliphatic rings. The Morgan fingerprint density at radius 2 is 1.26 bits per heavy atom. The van der Waals surface area contributed by atoms with Crippen LogP contribution in [0.5, 0.6) is 23.0 Å². The van der Waals surface area contributed by atoms with Crippen molar-refractivity contribution in [3.8, 4) is 45.5 Å². The van der Waals surface area contributed by atoms with Gasteiger partial charge in [-0.15, -0.1) is 5.10 Å². The van der Waals surface area contributed by atoms with Crippen LogP contribution in [0.2, 0.25) is 0 Å². The van der Waals surface area contributed by atoms with Crippen molar-refractivity contribution in [1.82, 2.24) is 30.1 Å². The van der Waals surface area contributed by atoms with E-state index in [0.717, 1.165) is 89.3 Å². The number of benzene rings is 5. The zero-order valence-electron chi connectivity index (χ0n) is 61.0. The number of hydrogen-bond acceptors (Lipinski definition) is 16. The molecule has 1 unspecified atom stereocenters. The number of methoxy groups -OCH3 is 2. The number of carbonyl (C=O) groups is 8. The molecule has 2 saturated heterocycles. The quantitative estimate of drug-likeness (QED) is 0.0397. The van der Waals surface area contributed by atoms with Crippen LogP contribution in [0, 0.1) is 22.7 Å². The van der Waals surface area contributed by atoms with Gasteiger partial charge in [-0.3, -0.25) is 33.6 Å². The zero-order chi connectivity index (χ0) is 73.1. The largest absolute Gasteiger partial charge is 0.493 e. The van der Waals surface area contributed by atoms with Crippen molar-refractivity contribution in [3.63, 3.8) is 0 Å². The average Bonchev–Trinajstić information content (AvgIpc) is 1.57. The maximum absolute atomic E-state index is 14.5. The van der Waals surface area contributed by atoms with Gasteiger partial charge in [0.05, 0.1) is 68.7 Å². The van der Waals surface area contributed by atoms with Gasteiger partial charge in [0.15, 0.2) is 35.0 Å². The van der Waals surface area contributed by atoms with Crippen LogP contribution < -0.4 is 34.1 Å². The van der Waals surface area contributed by atoms with E-state index in [2.05, 4.69) is 20.5 Å². The third-order valence-electron chi connectivity index (χ3n) is 22.6. The van der Waals surface area contributed by atoms with Gasteiger partial charge in [0.2, 0.25) is 11.8 Å². The van der Waals surface area contributed by atoms with E-state index in [1.807, 2.05) is 93.0 Å². The van der Waals surface area contributed by atoms with Gasteiger partial charge in [0.1, 0.15) is 23.9 Å². The van der Waals surface area contributed by atoms with Crippen LogP contribution in [0.1, 0.15) is 199 Å². The molecule has 0 bridgehead atoms. The molecule has 2 saturated carbocycles. The summed E-state index contributed by atoms with van der Waals surface area (Å²) < 4.78 is 31.9. The van der Waals surface area contributed by atoms with E-state index < -0.39 is 30.3 Å². The molecule has 0 radical (unpaired) electrons. The van der Waals surface area contributed by atoms with Gasteiger partial charge in [0.25, 0.3) is 11.8 Å². The molecule has 6 heterocycles. The van der Waals surface area contributed by atoms with E-state index in [1.165, 1.54) is 20.0 Å². The van der Waals surface area contributed by atoms with Gasteiger partial charge >= 0.3 is 6.09 Å². The second kappa shape index (κ2) is 31.1. The minimum atomic E-state index is -1.43. The summed E-state index contributed by atoms with van der Waals surface area (Å²) in [4.78, 5) is 117. The third kappa shape index (κ3) is 15.7. The lowest BCUT2D eigenvalue weighted by molar-refractivity contribution is -0.133. The number of nitrogens with one attached hydrogen (secondary N) is 1. The number of aliphatic hydroxyl groups excluding tert-OH is 1. The fraction of sp³-hybridized carbons (Fsp3) is 0.512. The Bertz CT molecular complexity index is 4250. The van der Waals surface area contributed by atoms with Crippen molar-refractivity contribution >= 4 is 58.4 Å². The molecule has 4 fully saturated rings. The van der Waals surface area contributed by atoms with Crippen molar-refractivity contribution in [1.29, 1.82) is 0 Å². The number of rotatable bonds is 30. The summed E-state index contributed by atoms with van der Waals surface area (Å²) in [6.45, 7) is 11.6. The molecule has 1 aromatic heterocycles. The first kappa shape index (κ1) is 72.9. The Balaban J connectivity index is 0.551. The summed E-state index contributed by atoms with van der Waals surface area (Å²) in [7, 11) is 3.08. The minimum absolute atomic E-state index is 0.000990. The molecule has 2 aliphatic carbocycles. The third-order valence-corrected chi connectivity index (χ3v) is 22.6. The summed E-state index contributed by atoms with van der Waals surface area (Å²) in [5, 5.41) is 24.2. The number of nitrogens with zero attached hydrogens (tertiary/aromatic N) is 7. The Kier molecular flexibility index (Phi) is 21.8. The predicted molar refractivity (Wildman–Crippen MR) is 391 cm³/mol. The van der Waals surface area contributed by atoms with E-state index in [0.29, 0.717) is 97.6 Å². The number of anilines is 2. The highest BCUT2D eigenvalue weighted by Crippen LogP contribution is 2.58. The van der Waals surface area contributed by atoms with Crippen molar-refractivity contribution < 1.29 is 67.1 Å². The standard InChI is InChI=1S/C82H98N8O14/c1-50(2)62(40-59(92)20-11-8-10-19-58(91)30-31-73(94)86-46-56-18-12-13-21-60(56)74-75(90(51(3)4)85-84-74)61-22-14-15-23-65(61)86)76(95)83-52(5)68(93)38-53-24-26-54(27-25-53)47-104-80(99)89-66-43-72(70(101-7)42-64(66)78(97)88-49-82(34-35-82)45-67(88)79(89)98)103-37-17-9-16-36-102-71-39-55-28-29-57-44-81(32-33-81)48-87(57)77(96)63(55)41-69(71)100-6/h12-15,18,21-27,39,41-43,50-52,57,62,67,79,98H,8-11,16-17,19-20,28-38,40,44-49H2,1-7H3,(H,83,95)/t52-,57+,62-,67-,79?/m0/s1. The van der Waals surface area contributed by atoms with Crippen LogP contribution in [-0.2, 0) is 54.7 Å². The molecule has 13 rings (SSSR count). The minimum Gasteiger partial charge on any atom is -0.493 e. The number of aliphatic hydroxyl groups is 1. The molecule has 5 amide bonds. The lowest BCUT2D eigenvalue weighted by atomic mass is 9.88. The summed E-state index contributed by atoms with van der Waals surface area (Å²) >= 11 is 0. The van der Waals surface area contributed by atoms with Crippen LogP contribution in [0.4, 0.5) is 16.2 Å². The smallest absolute Gasteiger partial charge is 0.416 e. The number of aryl methyl sites for hydroxylation is 1. The average molecular weight is 1420 g/mol. The fourth-order valence-electron chi connectivity index (χ4n) is 16.1. The number of ether oxygens (including phenoxy) is 5. The van der Waals surface area contributed by atoms with Gasteiger partial charge in [-0.25, -0.2) is 14.4 Å². The summed E-state index contributed by atoms with van der Waals surface area (Å²) in [6, 6.07) is 28.4. The van der Waals surface area contributed by atoms with Gasteiger partial charge in [0, 0.05) is 92.4 Å². The van der Waals surface area contributed by atoms with Crippen LogP contribution in [0.25, 0.3) is 22.5 Å². The Morgan fingerprint density at radius 3 is 1.95 bits per heavy atom. The highest BCUT2D eigenvalue weighted by atomic mass is 16.6. The Morgan fingerprint density at radius 1 is 0.635 bits per heavy atom. The van der Waals surface area contributed by atoms with Crippen LogP contribution in [0.3, 0.4) is 0 Å². The van der Waals surface area contributed by atoms with Crippen molar-refractivity contribution in [2.45, 2.75) is 207 Å². The maximum Gasteiger partial charge on any atom is 0.416 e. The first-order chi connectivity index (χ1) is 50.1. The van der Waals surface area contributed by atoms with Crippen LogP contribution in [0.15, 0.2) is 97.1 Å². The van der Waals surface area contributed by atoms with Crippen LogP contribution in [-0.4, -0.2) is 142 Å². The first-order valence-corrected chi connectivity index (χ1v) is 37.5. The number of carbonyl (C=O) groups excluding carboxylic acids is 8. The lowest BCUT2D eigenvalue weighted by Gasteiger charge is -2.31. The van der Waals surface area contributed by atoms with E-state index in [1.54, 1.807) is 60.2 Å². The van der Waals surface area contributed by atoms with Crippen molar-refractivity contribution in [3.05, 3.63) is 130 Å². The summed E-state index contributed by atoms with van der Waals surface area (Å²) in [5.74, 6) is -0.195. The number of Topliss-reactive ketones (excluding diaryl/α,β-unsaturated/α-hetero) is 3. The predicted octanol–water partition coefficient (Wildman–Crippen LogP) is 12.9. The molecule has 5 aliphatic heterocycles. The molecule has 550 valence electrons. The lowest BCUT2D eigenvalue weighted by Crippen LogP contribution is -2.50. The topological polar surface area (TPSA) is 259 Å². The summed E-state index contributed by atoms with van der Waals surface area (Å²) in [5.41, 5.74) is 8.55. The highest BCUT2D eigenvalue weighted by Gasteiger charge is 2.58. The summed E-state index contributed by atoms with van der Waals surface area (Å²) in [6.07, 6.45) is 9.91. The highest BCUT2D eigenvalue weighted by molar-refractivity contribution is 6.06. The Hall–Kier alpha value is -9.44. The number of amides is 5. The number of aromatic nitrogens is 3. The van der Waals surface area contributed by atoms with E-state index in [-0.39, 0.29) is 133 Å². The van der Waals surface area contributed by atoms with Crippen LogP contribution >= 0.6 is 0 Å². The number of para-hydroxylation sites is 1. The van der Waals surface area contributed by atoms with Gasteiger partial charge in [-0.2, -0.15) is 0 Å². The molecule has 2 spiro atoms. The monoisotopic (exact) mass is 1420 g/mol. The number of hydrogen-bond donors (Lipinski definition) is 2. The van der Waals surface area contributed by atoms with Crippen molar-refractivity contribution in [2.24, 2.45) is 22.7 Å². The molecule has 22 heteroatoms. The SMILES string of the molecule is COc1cc2c(cc1OCCCCCOc1cc3c(cc1OC)C(=O)N1CC4(CC4)C[C@H]1C(O)N3C(=O)OCc1ccc(CC(=O)[C@H](C)NC(=O)[C@@H](CC(=O)CCCCCC(=O)CCC(=O)N3Cc4ccccc4-c4nnn(C(C)C)c4-c4ccccc43)C(C)C)cc1)CC[C@@H]1CC3(CC3)CN1C2=O.